The molecule has 0 amide bonds. The van der Waals surface area contributed by atoms with Crippen molar-refractivity contribution in [3.8, 4) is 0 Å². The normalized spacial score (nSPS) is 11.4. The molecule has 110 valence electrons. The molecule has 0 spiro atoms. The van der Waals surface area contributed by atoms with E-state index in [1.54, 1.807) is 11.3 Å². The van der Waals surface area contributed by atoms with Crippen LogP contribution >= 0.6 is 23.1 Å². The first-order valence-electron chi connectivity index (χ1n) is 6.89. The van der Waals surface area contributed by atoms with Crippen molar-refractivity contribution in [1.82, 2.24) is 14.9 Å². The molecule has 20 heavy (non-hydrogen) atoms. The number of aryl methyl sites for hydroxylation is 1. The molecule has 6 heteroatoms. The summed E-state index contributed by atoms with van der Waals surface area (Å²) in [6.45, 7) is 6.24. The number of rotatable bonds is 7. The van der Waals surface area contributed by atoms with E-state index in [0.717, 1.165) is 41.1 Å². The van der Waals surface area contributed by atoms with E-state index in [0.29, 0.717) is 0 Å². The van der Waals surface area contributed by atoms with Crippen LogP contribution in [0.3, 0.4) is 0 Å². The van der Waals surface area contributed by atoms with Crippen molar-refractivity contribution in [1.29, 1.82) is 0 Å². The zero-order valence-corrected chi connectivity index (χ0v) is 14.2. The Morgan fingerprint density at radius 3 is 2.85 bits per heavy atom. The van der Waals surface area contributed by atoms with Crippen molar-refractivity contribution >= 4 is 39.3 Å². The average Bonchev–Trinajstić information content (AvgIpc) is 2.76. The minimum absolute atomic E-state index is 0.758. The van der Waals surface area contributed by atoms with Crippen molar-refractivity contribution in [2.24, 2.45) is 0 Å². The SMILES string of the molecule is CCCNc1nc(SCCN(C)C)c2cc(C)sc2n1. The summed E-state index contributed by atoms with van der Waals surface area (Å²) in [6, 6.07) is 2.20. The summed E-state index contributed by atoms with van der Waals surface area (Å²) in [4.78, 5) is 13.9. The van der Waals surface area contributed by atoms with Crippen LogP contribution in [0.1, 0.15) is 18.2 Å². The molecule has 0 atom stereocenters. The van der Waals surface area contributed by atoms with Gasteiger partial charge in [-0.15, -0.1) is 23.1 Å². The van der Waals surface area contributed by atoms with Gasteiger partial charge in [-0.25, -0.2) is 9.97 Å². The summed E-state index contributed by atoms with van der Waals surface area (Å²) in [5.74, 6) is 1.80. The standard InChI is InChI=1S/C14H22N4S2/c1-5-6-15-14-16-12(19-8-7-18(3)4)11-9-10(2)20-13(11)17-14/h9H,5-8H2,1-4H3,(H,15,16,17). The fraction of sp³-hybridized carbons (Fsp3) is 0.571. The quantitative estimate of drug-likeness (QED) is 0.626. The summed E-state index contributed by atoms with van der Waals surface area (Å²) < 4.78 is 0. The molecule has 0 saturated carbocycles. The molecule has 2 rings (SSSR count). The molecule has 4 nitrogen and oxygen atoms in total. The maximum atomic E-state index is 4.68. The summed E-state index contributed by atoms with van der Waals surface area (Å²) in [5, 5.41) is 5.59. The fourth-order valence-electron chi connectivity index (χ4n) is 1.77. The Morgan fingerprint density at radius 1 is 1.35 bits per heavy atom. The maximum Gasteiger partial charge on any atom is 0.225 e. The van der Waals surface area contributed by atoms with Crippen LogP contribution < -0.4 is 5.32 Å². The topological polar surface area (TPSA) is 41.1 Å². The third-order valence-electron chi connectivity index (χ3n) is 2.79. The largest absolute Gasteiger partial charge is 0.354 e. The molecule has 0 aliphatic rings. The third kappa shape index (κ3) is 4.07. The van der Waals surface area contributed by atoms with Gasteiger partial charge in [0.2, 0.25) is 5.95 Å². The second-order valence-corrected chi connectivity index (χ2v) is 7.33. The molecule has 0 radical (unpaired) electrons. The molecule has 2 heterocycles. The molecule has 0 unspecified atom stereocenters. The lowest BCUT2D eigenvalue weighted by atomic mass is 10.4. The van der Waals surface area contributed by atoms with Crippen LogP contribution in [-0.4, -0.2) is 47.8 Å². The highest BCUT2D eigenvalue weighted by atomic mass is 32.2. The van der Waals surface area contributed by atoms with Gasteiger partial charge < -0.3 is 10.2 Å². The zero-order valence-electron chi connectivity index (χ0n) is 12.6. The first kappa shape index (κ1) is 15.5. The van der Waals surface area contributed by atoms with Gasteiger partial charge in [0.25, 0.3) is 0 Å². The second kappa shape index (κ2) is 7.24. The zero-order chi connectivity index (χ0) is 14.5. The van der Waals surface area contributed by atoms with E-state index in [1.165, 1.54) is 10.3 Å². The Bertz CT molecular complexity index is 566. The highest BCUT2D eigenvalue weighted by molar-refractivity contribution is 7.99. The summed E-state index contributed by atoms with van der Waals surface area (Å²) in [5.41, 5.74) is 0. The minimum atomic E-state index is 0.758. The highest BCUT2D eigenvalue weighted by Gasteiger charge is 2.11. The Labute approximate surface area is 129 Å². The van der Waals surface area contributed by atoms with Crippen molar-refractivity contribution in [2.75, 3.05) is 38.3 Å². The van der Waals surface area contributed by atoms with Gasteiger partial charge in [0.1, 0.15) is 9.86 Å². The van der Waals surface area contributed by atoms with E-state index in [-0.39, 0.29) is 0 Å². The Morgan fingerprint density at radius 2 is 2.15 bits per heavy atom. The molecule has 2 aromatic rings. The molecular formula is C14H22N4S2. The number of thiophene rings is 1. The van der Waals surface area contributed by atoms with Gasteiger partial charge in [0.15, 0.2) is 0 Å². The number of hydrogen-bond donors (Lipinski definition) is 1. The Balaban J connectivity index is 2.23. The maximum absolute atomic E-state index is 4.68. The number of hydrogen-bond acceptors (Lipinski definition) is 6. The third-order valence-corrected chi connectivity index (χ3v) is 4.71. The number of thioether (sulfide) groups is 1. The van der Waals surface area contributed by atoms with E-state index in [1.807, 2.05) is 11.8 Å². The van der Waals surface area contributed by atoms with E-state index in [2.05, 4.69) is 54.2 Å². The van der Waals surface area contributed by atoms with Crippen LogP contribution in [0.25, 0.3) is 10.2 Å². The molecule has 0 saturated heterocycles. The Hall–Kier alpha value is -0.850. The lowest BCUT2D eigenvalue weighted by Gasteiger charge is -2.10. The lowest BCUT2D eigenvalue weighted by Crippen LogP contribution is -2.15. The van der Waals surface area contributed by atoms with Crippen LogP contribution in [0.5, 0.6) is 0 Å². The molecule has 0 bridgehead atoms. The first-order valence-corrected chi connectivity index (χ1v) is 8.70. The van der Waals surface area contributed by atoms with Gasteiger partial charge in [-0.3, -0.25) is 0 Å². The number of aromatic nitrogens is 2. The van der Waals surface area contributed by atoms with Gasteiger partial charge in [0, 0.05) is 29.1 Å². The molecule has 0 aromatic carbocycles. The molecule has 0 fully saturated rings. The predicted molar refractivity (Wildman–Crippen MR) is 90.2 cm³/mol. The van der Waals surface area contributed by atoms with Crippen molar-refractivity contribution < 1.29 is 0 Å². The molecular weight excluding hydrogens is 288 g/mol. The number of anilines is 1. The Kier molecular flexibility index (Phi) is 5.63. The van der Waals surface area contributed by atoms with E-state index in [4.69, 9.17) is 0 Å². The number of fused-ring (bicyclic) bond motifs is 1. The van der Waals surface area contributed by atoms with E-state index in [9.17, 15) is 0 Å². The van der Waals surface area contributed by atoms with Gasteiger partial charge >= 0.3 is 0 Å². The van der Waals surface area contributed by atoms with Crippen LogP contribution in [0, 0.1) is 6.92 Å². The monoisotopic (exact) mass is 310 g/mol. The minimum Gasteiger partial charge on any atom is -0.354 e. The average molecular weight is 310 g/mol. The summed E-state index contributed by atoms with van der Waals surface area (Å²) >= 11 is 3.55. The summed E-state index contributed by atoms with van der Waals surface area (Å²) in [6.07, 6.45) is 1.08. The fourth-order valence-corrected chi connectivity index (χ4v) is 3.82. The van der Waals surface area contributed by atoms with Gasteiger partial charge in [0.05, 0.1) is 0 Å². The molecule has 0 aliphatic carbocycles. The molecule has 0 aliphatic heterocycles. The van der Waals surface area contributed by atoms with Crippen molar-refractivity contribution in [3.63, 3.8) is 0 Å². The van der Waals surface area contributed by atoms with Crippen molar-refractivity contribution in [3.05, 3.63) is 10.9 Å². The van der Waals surface area contributed by atoms with E-state index < -0.39 is 0 Å². The number of nitrogens with one attached hydrogen (secondary N) is 1. The van der Waals surface area contributed by atoms with Crippen LogP contribution in [0.15, 0.2) is 11.1 Å². The van der Waals surface area contributed by atoms with Crippen LogP contribution in [0.2, 0.25) is 0 Å². The van der Waals surface area contributed by atoms with Gasteiger partial charge in [-0.05, 0) is 33.5 Å². The molecule has 2 aromatic heterocycles. The summed E-state index contributed by atoms with van der Waals surface area (Å²) in [7, 11) is 4.19. The van der Waals surface area contributed by atoms with Crippen LogP contribution in [-0.2, 0) is 0 Å². The first-order chi connectivity index (χ1) is 9.60. The lowest BCUT2D eigenvalue weighted by molar-refractivity contribution is 0.437. The number of nitrogens with zero attached hydrogens (tertiary/aromatic N) is 3. The highest BCUT2D eigenvalue weighted by Crippen LogP contribution is 2.32. The van der Waals surface area contributed by atoms with E-state index >= 15 is 0 Å². The van der Waals surface area contributed by atoms with Gasteiger partial charge in [-0.1, -0.05) is 6.92 Å². The van der Waals surface area contributed by atoms with Gasteiger partial charge in [-0.2, -0.15) is 0 Å². The molecule has 1 N–H and O–H groups in total. The van der Waals surface area contributed by atoms with Crippen molar-refractivity contribution in [2.45, 2.75) is 25.3 Å². The van der Waals surface area contributed by atoms with Crippen LogP contribution in [0.4, 0.5) is 5.95 Å². The second-order valence-electron chi connectivity index (χ2n) is 5.01. The predicted octanol–water partition coefficient (Wildman–Crippen LogP) is 3.48. The smallest absolute Gasteiger partial charge is 0.225 e.